The Balaban J connectivity index is 1.11. The predicted octanol–water partition coefficient (Wildman–Crippen LogP) is 14.3. The van der Waals surface area contributed by atoms with Crippen molar-refractivity contribution in [3.8, 4) is 22.3 Å². The first-order valence-electron chi connectivity index (χ1n) is 17.1. The summed E-state index contributed by atoms with van der Waals surface area (Å²) < 4.78 is 2.62. The third kappa shape index (κ3) is 4.76. The van der Waals surface area contributed by atoms with Crippen molar-refractivity contribution in [2.24, 2.45) is 0 Å². The van der Waals surface area contributed by atoms with Crippen molar-refractivity contribution in [2.45, 2.75) is 0 Å². The molecule has 1 aromatic heterocycles. The second-order valence-electron chi connectivity index (χ2n) is 12.9. The molecule has 0 aliphatic rings. The summed E-state index contributed by atoms with van der Waals surface area (Å²) in [5.41, 5.74) is 8.33. The van der Waals surface area contributed by atoms with Gasteiger partial charge in [-0.05, 0) is 91.6 Å². The van der Waals surface area contributed by atoms with E-state index >= 15 is 0 Å². The van der Waals surface area contributed by atoms with Gasteiger partial charge in [-0.15, -0.1) is 11.3 Å². The maximum Gasteiger partial charge on any atom is 0.0546 e. The van der Waals surface area contributed by atoms with E-state index in [1.165, 1.54) is 80.4 Å². The lowest BCUT2D eigenvalue weighted by atomic mass is 9.96. The first-order chi connectivity index (χ1) is 24.8. The van der Waals surface area contributed by atoms with Crippen LogP contribution in [0.5, 0.6) is 0 Å². The van der Waals surface area contributed by atoms with Gasteiger partial charge in [-0.1, -0.05) is 146 Å². The zero-order valence-electron chi connectivity index (χ0n) is 27.3. The van der Waals surface area contributed by atoms with E-state index < -0.39 is 0 Å². The van der Waals surface area contributed by atoms with E-state index in [0.717, 1.165) is 11.4 Å². The molecule has 10 aromatic rings. The number of fused-ring (bicyclic) bond motifs is 7. The topological polar surface area (TPSA) is 3.24 Å². The van der Waals surface area contributed by atoms with Gasteiger partial charge in [-0.2, -0.15) is 0 Å². The zero-order chi connectivity index (χ0) is 33.0. The predicted molar refractivity (Wildman–Crippen MR) is 217 cm³/mol. The van der Waals surface area contributed by atoms with E-state index in [2.05, 4.69) is 193 Å². The number of hydrogen-bond donors (Lipinski definition) is 0. The molecule has 0 spiro atoms. The number of thiophene rings is 1. The highest BCUT2D eigenvalue weighted by Gasteiger charge is 2.19. The molecule has 0 unspecified atom stereocenters. The molecule has 2 heteroatoms. The molecule has 50 heavy (non-hydrogen) atoms. The highest BCUT2D eigenvalue weighted by molar-refractivity contribution is 7.25. The first-order valence-corrected chi connectivity index (χ1v) is 17.9. The van der Waals surface area contributed by atoms with E-state index in [9.17, 15) is 0 Å². The van der Waals surface area contributed by atoms with Crippen LogP contribution in [-0.2, 0) is 0 Å². The molecule has 0 amide bonds. The van der Waals surface area contributed by atoms with Crippen molar-refractivity contribution in [3.05, 3.63) is 188 Å². The van der Waals surface area contributed by atoms with E-state index in [4.69, 9.17) is 0 Å². The Bertz CT molecular complexity index is 2860. The van der Waals surface area contributed by atoms with Gasteiger partial charge in [-0.25, -0.2) is 0 Å². The van der Waals surface area contributed by atoms with Gasteiger partial charge in [-0.3, -0.25) is 0 Å². The van der Waals surface area contributed by atoms with Crippen LogP contribution in [0.1, 0.15) is 0 Å². The summed E-state index contributed by atoms with van der Waals surface area (Å²) in [6.07, 6.45) is 0. The van der Waals surface area contributed by atoms with Gasteiger partial charge in [0.25, 0.3) is 0 Å². The van der Waals surface area contributed by atoms with Crippen molar-refractivity contribution in [3.63, 3.8) is 0 Å². The monoisotopic (exact) mass is 653 g/mol. The fourth-order valence-electron chi connectivity index (χ4n) is 7.62. The maximum absolute atomic E-state index is 2.44. The lowest BCUT2D eigenvalue weighted by molar-refractivity contribution is 1.31. The molecule has 1 nitrogen and oxygen atoms in total. The Morgan fingerprint density at radius 2 is 0.880 bits per heavy atom. The lowest BCUT2D eigenvalue weighted by Gasteiger charge is -2.28. The smallest absolute Gasteiger partial charge is 0.0546 e. The van der Waals surface area contributed by atoms with Gasteiger partial charge in [0.1, 0.15) is 0 Å². The van der Waals surface area contributed by atoms with Crippen LogP contribution in [0.4, 0.5) is 17.1 Å². The molecular formula is C48H31NS. The molecule has 0 saturated carbocycles. The summed E-state index contributed by atoms with van der Waals surface area (Å²) >= 11 is 1.86. The molecule has 10 rings (SSSR count). The van der Waals surface area contributed by atoms with Crippen LogP contribution < -0.4 is 4.90 Å². The van der Waals surface area contributed by atoms with Crippen LogP contribution >= 0.6 is 11.3 Å². The largest absolute Gasteiger partial charge is 0.310 e. The Morgan fingerprint density at radius 3 is 1.68 bits per heavy atom. The summed E-state index contributed by atoms with van der Waals surface area (Å²) in [4.78, 5) is 2.44. The van der Waals surface area contributed by atoms with E-state index in [1.807, 2.05) is 11.3 Å². The standard InChI is InChI=1S/C48H31NS/c1-3-13-39-34(10-1)12-9-18-40(39)35-22-20-32(21-23-35)33-24-26-37(27-25-33)49(38-28-29-48-45(31-38)44-17-7-8-19-47(44)50-48)46-30-36-11-2-4-14-41(36)42-15-5-6-16-43(42)46/h1-31H. The van der Waals surface area contributed by atoms with Crippen molar-refractivity contribution in [1.82, 2.24) is 0 Å². The Labute approximate surface area is 294 Å². The van der Waals surface area contributed by atoms with Crippen LogP contribution in [0.2, 0.25) is 0 Å². The van der Waals surface area contributed by atoms with Crippen molar-refractivity contribution in [1.29, 1.82) is 0 Å². The Kier molecular flexibility index (Phi) is 6.75. The zero-order valence-corrected chi connectivity index (χ0v) is 28.1. The van der Waals surface area contributed by atoms with Crippen molar-refractivity contribution >= 4 is 80.9 Å². The average molecular weight is 654 g/mol. The molecule has 1 heterocycles. The number of benzene rings is 9. The van der Waals surface area contributed by atoms with E-state index in [1.54, 1.807) is 0 Å². The molecule has 0 radical (unpaired) electrons. The minimum Gasteiger partial charge on any atom is -0.310 e. The number of nitrogens with zero attached hydrogens (tertiary/aromatic N) is 1. The van der Waals surface area contributed by atoms with Crippen LogP contribution in [-0.4, -0.2) is 0 Å². The molecular weight excluding hydrogens is 623 g/mol. The molecule has 0 N–H and O–H groups in total. The molecule has 0 fully saturated rings. The molecule has 0 bridgehead atoms. The summed E-state index contributed by atoms with van der Waals surface area (Å²) in [5, 5.41) is 10.1. The van der Waals surface area contributed by atoms with E-state index in [0.29, 0.717) is 0 Å². The van der Waals surface area contributed by atoms with Gasteiger partial charge >= 0.3 is 0 Å². The highest BCUT2D eigenvalue weighted by atomic mass is 32.1. The second-order valence-corrected chi connectivity index (χ2v) is 14.0. The third-order valence-corrected chi connectivity index (χ3v) is 11.2. The normalized spacial score (nSPS) is 11.6. The summed E-state index contributed by atoms with van der Waals surface area (Å²) in [6, 6.07) is 68.8. The first kappa shape index (κ1) is 28.8. The average Bonchev–Trinajstić information content (AvgIpc) is 3.56. The van der Waals surface area contributed by atoms with Gasteiger partial charge in [0.2, 0.25) is 0 Å². The lowest BCUT2D eigenvalue weighted by Crippen LogP contribution is -2.10. The fourth-order valence-corrected chi connectivity index (χ4v) is 8.71. The van der Waals surface area contributed by atoms with Crippen LogP contribution in [0.25, 0.3) is 74.7 Å². The quantitative estimate of drug-likeness (QED) is 0.167. The van der Waals surface area contributed by atoms with Crippen LogP contribution in [0.3, 0.4) is 0 Å². The summed E-state index contributed by atoms with van der Waals surface area (Å²) in [5.74, 6) is 0. The van der Waals surface area contributed by atoms with E-state index in [-0.39, 0.29) is 0 Å². The molecule has 0 atom stereocenters. The van der Waals surface area contributed by atoms with Crippen LogP contribution in [0.15, 0.2) is 188 Å². The Morgan fingerprint density at radius 1 is 0.320 bits per heavy atom. The summed E-state index contributed by atoms with van der Waals surface area (Å²) in [6.45, 7) is 0. The number of anilines is 3. The number of rotatable bonds is 5. The summed E-state index contributed by atoms with van der Waals surface area (Å²) in [7, 11) is 0. The third-order valence-electron chi connectivity index (χ3n) is 10.0. The van der Waals surface area contributed by atoms with Gasteiger partial charge in [0.15, 0.2) is 0 Å². The van der Waals surface area contributed by atoms with Gasteiger partial charge in [0.05, 0.1) is 5.69 Å². The molecule has 0 aliphatic heterocycles. The van der Waals surface area contributed by atoms with Gasteiger partial charge in [0, 0.05) is 36.9 Å². The fraction of sp³-hybridized carbons (Fsp3) is 0. The maximum atomic E-state index is 2.44. The molecule has 234 valence electrons. The molecule has 9 aromatic carbocycles. The van der Waals surface area contributed by atoms with Crippen molar-refractivity contribution < 1.29 is 0 Å². The minimum atomic E-state index is 1.13. The van der Waals surface area contributed by atoms with Crippen LogP contribution in [0, 0.1) is 0 Å². The number of hydrogen-bond acceptors (Lipinski definition) is 2. The second kappa shape index (κ2) is 11.7. The molecule has 0 aliphatic carbocycles. The van der Waals surface area contributed by atoms with Crippen molar-refractivity contribution in [2.75, 3.05) is 4.90 Å². The minimum absolute atomic E-state index is 1.13. The Hall–Kier alpha value is -6.22. The molecule has 0 saturated heterocycles. The highest BCUT2D eigenvalue weighted by Crippen LogP contribution is 2.45. The van der Waals surface area contributed by atoms with Gasteiger partial charge < -0.3 is 4.90 Å². The SMILES string of the molecule is c1ccc2c(-c3ccc(-c4ccc(N(c5ccc6sc7ccccc7c6c5)c5cc6ccccc6c6ccccc56)cc4)cc3)cccc2c1.